The van der Waals surface area contributed by atoms with Gasteiger partial charge in [-0.05, 0) is 59.0 Å². The SMILES string of the molecule is O=C(c1cc(F)ccc1F)c1cc(I)ccc1Br. The maximum Gasteiger partial charge on any atom is 0.197 e. The molecule has 0 unspecified atom stereocenters. The highest BCUT2D eigenvalue weighted by Crippen LogP contribution is 2.23. The van der Waals surface area contributed by atoms with E-state index in [1.807, 2.05) is 28.7 Å². The molecule has 0 heterocycles. The largest absolute Gasteiger partial charge is 0.288 e. The quantitative estimate of drug-likeness (QED) is 0.512. The van der Waals surface area contributed by atoms with Crippen molar-refractivity contribution in [1.82, 2.24) is 0 Å². The third-order valence-corrected chi connectivity index (χ3v) is 3.71. The smallest absolute Gasteiger partial charge is 0.197 e. The van der Waals surface area contributed by atoms with E-state index in [4.69, 9.17) is 0 Å². The number of halogens is 4. The molecule has 0 radical (unpaired) electrons. The van der Waals surface area contributed by atoms with Gasteiger partial charge in [-0.1, -0.05) is 15.9 Å². The summed E-state index contributed by atoms with van der Waals surface area (Å²) in [6.07, 6.45) is 0. The van der Waals surface area contributed by atoms with E-state index in [2.05, 4.69) is 15.9 Å². The highest BCUT2D eigenvalue weighted by atomic mass is 127. The fourth-order valence-electron chi connectivity index (χ4n) is 1.49. The molecule has 0 amide bonds. The van der Waals surface area contributed by atoms with Gasteiger partial charge in [0.25, 0.3) is 0 Å². The van der Waals surface area contributed by atoms with Crippen LogP contribution in [0.15, 0.2) is 40.9 Å². The first kappa shape index (κ1) is 13.6. The van der Waals surface area contributed by atoms with Gasteiger partial charge in [0.15, 0.2) is 5.78 Å². The zero-order chi connectivity index (χ0) is 13.3. The van der Waals surface area contributed by atoms with Crippen LogP contribution in [-0.4, -0.2) is 5.78 Å². The van der Waals surface area contributed by atoms with Crippen molar-refractivity contribution in [2.45, 2.75) is 0 Å². The normalized spacial score (nSPS) is 10.4. The summed E-state index contributed by atoms with van der Waals surface area (Å²) in [5.74, 6) is -1.91. The average molecular weight is 423 g/mol. The second-order valence-electron chi connectivity index (χ2n) is 3.58. The zero-order valence-electron chi connectivity index (χ0n) is 8.88. The molecule has 18 heavy (non-hydrogen) atoms. The summed E-state index contributed by atoms with van der Waals surface area (Å²) in [6.45, 7) is 0. The standard InChI is InChI=1S/C13H6BrF2IO/c14-11-3-2-8(17)6-9(11)13(18)10-5-7(15)1-4-12(10)16/h1-6H. The predicted molar refractivity (Wildman–Crippen MR) is 76.6 cm³/mol. The van der Waals surface area contributed by atoms with E-state index in [9.17, 15) is 13.6 Å². The lowest BCUT2D eigenvalue weighted by atomic mass is 10.0. The number of rotatable bonds is 2. The summed E-state index contributed by atoms with van der Waals surface area (Å²) in [5, 5.41) is 0. The molecule has 5 heteroatoms. The maximum absolute atomic E-state index is 13.5. The van der Waals surface area contributed by atoms with E-state index in [1.54, 1.807) is 12.1 Å². The molecule has 0 N–H and O–H groups in total. The average Bonchev–Trinajstić information content (AvgIpc) is 2.34. The molecule has 0 aliphatic rings. The summed E-state index contributed by atoms with van der Waals surface area (Å²) < 4.78 is 28.0. The minimum absolute atomic E-state index is 0.266. The molecule has 0 aliphatic carbocycles. The number of benzene rings is 2. The Morgan fingerprint density at radius 3 is 2.50 bits per heavy atom. The molecule has 1 nitrogen and oxygen atoms in total. The van der Waals surface area contributed by atoms with Gasteiger partial charge in [-0.25, -0.2) is 8.78 Å². The second-order valence-corrected chi connectivity index (χ2v) is 5.68. The third-order valence-electron chi connectivity index (χ3n) is 2.35. The number of ketones is 1. The molecule has 0 aliphatic heterocycles. The van der Waals surface area contributed by atoms with Crippen molar-refractivity contribution in [1.29, 1.82) is 0 Å². The molecule has 2 aromatic rings. The number of hydrogen-bond donors (Lipinski definition) is 0. The van der Waals surface area contributed by atoms with E-state index in [-0.39, 0.29) is 5.56 Å². The maximum atomic E-state index is 13.5. The van der Waals surface area contributed by atoms with Crippen LogP contribution < -0.4 is 0 Å². The van der Waals surface area contributed by atoms with E-state index in [1.165, 1.54) is 0 Å². The molecular formula is C13H6BrF2IO. The van der Waals surface area contributed by atoms with Gasteiger partial charge in [0.1, 0.15) is 11.6 Å². The molecule has 2 rings (SSSR count). The molecule has 92 valence electrons. The van der Waals surface area contributed by atoms with Gasteiger partial charge in [0.05, 0.1) is 5.56 Å². The summed E-state index contributed by atoms with van der Waals surface area (Å²) in [6, 6.07) is 7.97. The van der Waals surface area contributed by atoms with Crippen LogP contribution in [0.25, 0.3) is 0 Å². The Kier molecular flexibility index (Phi) is 4.11. The van der Waals surface area contributed by atoms with Crippen molar-refractivity contribution in [2.24, 2.45) is 0 Å². The zero-order valence-corrected chi connectivity index (χ0v) is 12.6. The molecule has 2 aromatic carbocycles. The predicted octanol–water partition coefficient (Wildman–Crippen LogP) is 4.56. The van der Waals surface area contributed by atoms with Crippen LogP contribution >= 0.6 is 38.5 Å². The lowest BCUT2D eigenvalue weighted by molar-refractivity contribution is 0.103. The van der Waals surface area contributed by atoms with E-state index in [0.717, 1.165) is 21.8 Å². The summed E-state index contributed by atoms with van der Waals surface area (Å²) >= 11 is 5.28. The molecule has 0 spiro atoms. The Morgan fingerprint density at radius 2 is 1.78 bits per heavy atom. The molecule has 0 fully saturated rings. The van der Waals surface area contributed by atoms with E-state index < -0.39 is 17.4 Å². The van der Waals surface area contributed by atoms with Crippen molar-refractivity contribution >= 4 is 44.3 Å². The first-order valence-electron chi connectivity index (χ1n) is 4.94. The first-order valence-corrected chi connectivity index (χ1v) is 6.81. The van der Waals surface area contributed by atoms with Crippen LogP contribution in [-0.2, 0) is 0 Å². The molecule has 0 bridgehead atoms. The Morgan fingerprint density at radius 1 is 1.06 bits per heavy atom. The Balaban J connectivity index is 2.54. The van der Waals surface area contributed by atoms with Crippen LogP contribution in [0, 0.1) is 15.2 Å². The lowest BCUT2D eigenvalue weighted by Crippen LogP contribution is -2.06. The lowest BCUT2D eigenvalue weighted by Gasteiger charge is -2.06. The minimum Gasteiger partial charge on any atom is -0.288 e. The summed E-state index contributed by atoms with van der Waals surface area (Å²) in [4.78, 5) is 12.2. The van der Waals surface area contributed by atoms with Crippen molar-refractivity contribution in [3.8, 4) is 0 Å². The topological polar surface area (TPSA) is 17.1 Å². The fourth-order valence-corrected chi connectivity index (χ4v) is 2.41. The molecule has 0 saturated heterocycles. The number of carbonyl (C=O) groups excluding carboxylic acids is 1. The number of hydrogen-bond acceptors (Lipinski definition) is 1. The van der Waals surface area contributed by atoms with Gasteiger partial charge in [-0.15, -0.1) is 0 Å². The first-order chi connectivity index (χ1) is 8.49. The van der Waals surface area contributed by atoms with Gasteiger partial charge >= 0.3 is 0 Å². The van der Waals surface area contributed by atoms with Crippen molar-refractivity contribution < 1.29 is 13.6 Å². The molecule has 0 atom stereocenters. The van der Waals surface area contributed by atoms with Crippen LogP contribution in [0.4, 0.5) is 8.78 Å². The van der Waals surface area contributed by atoms with E-state index >= 15 is 0 Å². The van der Waals surface area contributed by atoms with Crippen LogP contribution in [0.2, 0.25) is 0 Å². The fraction of sp³-hybridized carbons (Fsp3) is 0. The molecule has 0 aromatic heterocycles. The van der Waals surface area contributed by atoms with Gasteiger partial charge in [0, 0.05) is 13.6 Å². The van der Waals surface area contributed by atoms with Gasteiger partial charge in [-0.2, -0.15) is 0 Å². The van der Waals surface area contributed by atoms with Gasteiger partial charge in [-0.3, -0.25) is 4.79 Å². The highest BCUT2D eigenvalue weighted by molar-refractivity contribution is 14.1. The Bertz CT molecular complexity index is 575. The minimum atomic E-state index is -0.729. The summed E-state index contributed by atoms with van der Waals surface area (Å²) in [7, 11) is 0. The number of carbonyl (C=O) groups is 1. The Hall–Kier alpha value is -0.820. The highest BCUT2D eigenvalue weighted by Gasteiger charge is 2.17. The van der Waals surface area contributed by atoms with Crippen molar-refractivity contribution in [2.75, 3.05) is 0 Å². The summed E-state index contributed by atoms with van der Waals surface area (Å²) in [5.41, 5.74) is 0.0455. The second kappa shape index (κ2) is 5.44. The van der Waals surface area contributed by atoms with Gasteiger partial charge < -0.3 is 0 Å². The van der Waals surface area contributed by atoms with E-state index in [0.29, 0.717) is 10.0 Å². The van der Waals surface area contributed by atoms with Gasteiger partial charge in [0.2, 0.25) is 0 Å². The van der Waals surface area contributed by atoms with Crippen molar-refractivity contribution in [3.05, 3.63) is 67.2 Å². The monoisotopic (exact) mass is 422 g/mol. The van der Waals surface area contributed by atoms with Crippen molar-refractivity contribution in [3.63, 3.8) is 0 Å². The van der Waals surface area contributed by atoms with Crippen LogP contribution in [0.1, 0.15) is 15.9 Å². The van der Waals surface area contributed by atoms with Crippen LogP contribution in [0.5, 0.6) is 0 Å². The van der Waals surface area contributed by atoms with Crippen LogP contribution in [0.3, 0.4) is 0 Å². The molecular weight excluding hydrogens is 417 g/mol. The Labute approximate surface area is 124 Å². The third kappa shape index (κ3) is 2.77. The molecule has 0 saturated carbocycles.